The maximum Gasteiger partial charge on any atom is 0.240 e. The summed E-state index contributed by atoms with van der Waals surface area (Å²) in [5, 5.41) is 5.94. The molecule has 1 fully saturated rings. The second-order valence-corrected chi connectivity index (χ2v) is 8.09. The quantitative estimate of drug-likeness (QED) is 0.889. The van der Waals surface area contributed by atoms with Gasteiger partial charge >= 0.3 is 0 Å². The zero-order valence-corrected chi connectivity index (χ0v) is 13.4. The van der Waals surface area contributed by atoms with Gasteiger partial charge in [-0.05, 0) is 32.3 Å². The number of piperidine rings is 1. The summed E-state index contributed by atoms with van der Waals surface area (Å²) in [6.07, 6.45) is 4.11. The number of carbonyl (C=O) groups is 1. The Morgan fingerprint density at radius 2 is 2.33 bits per heavy atom. The molecule has 0 radical (unpaired) electrons. The van der Waals surface area contributed by atoms with E-state index in [9.17, 15) is 13.2 Å². The minimum atomic E-state index is -3.34. The number of sulfone groups is 1. The van der Waals surface area contributed by atoms with E-state index in [1.165, 1.54) is 6.92 Å². The molecule has 1 saturated heterocycles. The minimum Gasteiger partial charge on any atom is -0.341 e. The highest BCUT2D eigenvalue weighted by molar-refractivity contribution is 7.92. The van der Waals surface area contributed by atoms with Crippen LogP contribution in [0.3, 0.4) is 0 Å². The number of nitrogens with zero attached hydrogens (tertiary/aromatic N) is 2. The molecule has 1 N–H and O–H groups in total. The Morgan fingerprint density at radius 3 is 2.95 bits per heavy atom. The van der Waals surface area contributed by atoms with Crippen molar-refractivity contribution in [1.82, 2.24) is 15.1 Å². The van der Waals surface area contributed by atoms with E-state index < -0.39 is 15.1 Å². The van der Waals surface area contributed by atoms with Crippen LogP contribution < -0.4 is 0 Å². The normalized spacial score (nSPS) is 21.2. The Kier molecular flexibility index (Phi) is 5.03. The average Bonchev–Trinajstić information content (AvgIpc) is 3.00. The molecule has 0 aliphatic carbocycles. The first-order chi connectivity index (χ1) is 9.95. The van der Waals surface area contributed by atoms with Crippen LogP contribution in [0.1, 0.15) is 44.7 Å². The van der Waals surface area contributed by atoms with Gasteiger partial charge in [-0.1, -0.05) is 6.92 Å². The molecule has 1 aliphatic heterocycles. The summed E-state index contributed by atoms with van der Waals surface area (Å²) in [6.45, 7) is 4.51. The Labute approximate surface area is 125 Å². The van der Waals surface area contributed by atoms with Crippen molar-refractivity contribution in [3.05, 3.63) is 18.0 Å². The van der Waals surface area contributed by atoms with Gasteiger partial charge in [0.15, 0.2) is 9.84 Å². The van der Waals surface area contributed by atoms with E-state index in [1.54, 1.807) is 11.1 Å². The molecular weight excluding hydrogens is 290 g/mol. The molecule has 2 heterocycles. The summed E-state index contributed by atoms with van der Waals surface area (Å²) in [6, 6.07) is 1.91. The van der Waals surface area contributed by atoms with E-state index in [-0.39, 0.29) is 17.6 Å². The number of aromatic amines is 1. The molecule has 0 saturated carbocycles. The van der Waals surface area contributed by atoms with Gasteiger partial charge in [-0.15, -0.1) is 0 Å². The summed E-state index contributed by atoms with van der Waals surface area (Å²) in [7, 11) is -3.34. The van der Waals surface area contributed by atoms with Crippen molar-refractivity contribution >= 4 is 15.7 Å². The lowest BCUT2D eigenvalue weighted by atomic mass is 9.95. The number of likely N-dealkylation sites (tertiary alicyclic amines) is 1. The van der Waals surface area contributed by atoms with Crippen LogP contribution in [-0.4, -0.2) is 53.5 Å². The van der Waals surface area contributed by atoms with Gasteiger partial charge in [0.05, 0.1) is 5.75 Å². The van der Waals surface area contributed by atoms with Gasteiger partial charge in [-0.2, -0.15) is 5.10 Å². The van der Waals surface area contributed by atoms with Crippen molar-refractivity contribution in [3.63, 3.8) is 0 Å². The third-order valence-corrected chi connectivity index (χ3v) is 6.33. The summed E-state index contributed by atoms with van der Waals surface area (Å²) in [4.78, 5) is 14.1. The zero-order chi connectivity index (χ0) is 15.5. The molecule has 1 aromatic rings. The summed E-state index contributed by atoms with van der Waals surface area (Å²) >= 11 is 0. The van der Waals surface area contributed by atoms with Crippen molar-refractivity contribution in [1.29, 1.82) is 0 Å². The first-order valence-electron chi connectivity index (χ1n) is 7.45. The van der Waals surface area contributed by atoms with E-state index in [2.05, 4.69) is 10.2 Å². The van der Waals surface area contributed by atoms with Gasteiger partial charge in [0.1, 0.15) is 5.25 Å². The monoisotopic (exact) mass is 313 g/mol. The molecule has 2 atom stereocenters. The number of nitrogens with one attached hydrogen (secondary N) is 1. The van der Waals surface area contributed by atoms with Gasteiger partial charge < -0.3 is 4.90 Å². The highest BCUT2D eigenvalue weighted by atomic mass is 32.2. The molecule has 118 valence electrons. The van der Waals surface area contributed by atoms with Crippen molar-refractivity contribution < 1.29 is 13.2 Å². The van der Waals surface area contributed by atoms with Crippen LogP contribution in [0.15, 0.2) is 12.3 Å². The number of hydrogen-bond donors (Lipinski definition) is 1. The fraction of sp³-hybridized carbons (Fsp3) is 0.714. The third kappa shape index (κ3) is 3.64. The van der Waals surface area contributed by atoms with Crippen LogP contribution in [0.2, 0.25) is 0 Å². The standard InChI is InChI=1S/C14H23N3O3S/c1-3-9-21(19,20)11(2)14(18)17-8-4-5-12(10-17)13-6-7-15-16-13/h6-7,11-12H,3-5,8-10H2,1-2H3,(H,15,16)/t11-,12-/m1/s1. The predicted octanol–water partition coefficient (Wildman–Crippen LogP) is 1.33. The molecule has 2 rings (SSSR count). The smallest absolute Gasteiger partial charge is 0.240 e. The second kappa shape index (κ2) is 6.60. The fourth-order valence-corrected chi connectivity index (χ4v) is 4.18. The SMILES string of the molecule is CCCS(=O)(=O)[C@H](C)C(=O)N1CCC[C@@H](c2ccn[nH]2)C1. The number of hydrogen-bond acceptors (Lipinski definition) is 4. The van der Waals surface area contributed by atoms with E-state index in [0.717, 1.165) is 18.5 Å². The molecule has 1 amide bonds. The highest BCUT2D eigenvalue weighted by Crippen LogP contribution is 2.26. The van der Waals surface area contributed by atoms with Gasteiger partial charge in [0, 0.05) is 30.9 Å². The Hall–Kier alpha value is -1.37. The maximum absolute atomic E-state index is 12.5. The van der Waals surface area contributed by atoms with Gasteiger partial charge in [-0.3, -0.25) is 9.89 Å². The molecule has 0 spiro atoms. The van der Waals surface area contributed by atoms with Crippen molar-refractivity contribution in [2.75, 3.05) is 18.8 Å². The van der Waals surface area contributed by atoms with Crippen LogP contribution in [-0.2, 0) is 14.6 Å². The second-order valence-electron chi connectivity index (χ2n) is 5.64. The van der Waals surface area contributed by atoms with Crippen LogP contribution in [0, 0.1) is 0 Å². The van der Waals surface area contributed by atoms with Gasteiger partial charge in [0.25, 0.3) is 0 Å². The van der Waals surface area contributed by atoms with Crippen LogP contribution >= 0.6 is 0 Å². The lowest BCUT2D eigenvalue weighted by Gasteiger charge is -2.33. The lowest BCUT2D eigenvalue weighted by molar-refractivity contribution is -0.131. The molecule has 21 heavy (non-hydrogen) atoms. The maximum atomic E-state index is 12.5. The predicted molar refractivity (Wildman–Crippen MR) is 80.7 cm³/mol. The van der Waals surface area contributed by atoms with E-state index in [0.29, 0.717) is 19.5 Å². The topological polar surface area (TPSA) is 83.1 Å². The molecule has 7 heteroatoms. The zero-order valence-electron chi connectivity index (χ0n) is 12.6. The summed E-state index contributed by atoms with van der Waals surface area (Å²) in [5.74, 6) is 0.0107. The summed E-state index contributed by atoms with van der Waals surface area (Å²) in [5.41, 5.74) is 1.01. The first-order valence-corrected chi connectivity index (χ1v) is 9.17. The van der Waals surface area contributed by atoms with E-state index in [4.69, 9.17) is 0 Å². The number of carbonyl (C=O) groups excluding carboxylic acids is 1. The van der Waals surface area contributed by atoms with Crippen LogP contribution in [0.5, 0.6) is 0 Å². The molecule has 1 aliphatic rings. The fourth-order valence-electron chi connectivity index (χ4n) is 2.80. The van der Waals surface area contributed by atoms with Crippen molar-refractivity contribution in [2.45, 2.75) is 44.3 Å². The molecular formula is C14H23N3O3S. The third-order valence-electron chi connectivity index (χ3n) is 4.07. The minimum absolute atomic E-state index is 0.0672. The van der Waals surface area contributed by atoms with Crippen molar-refractivity contribution in [3.8, 4) is 0 Å². The van der Waals surface area contributed by atoms with Crippen LogP contribution in [0.25, 0.3) is 0 Å². The number of rotatable bonds is 5. The first kappa shape index (κ1) is 16.0. The number of aromatic nitrogens is 2. The number of H-pyrrole nitrogens is 1. The Morgan fingerprint density at radius 1 is 1.57 bits per heavy atom. The highest BCUT2D eigenvalue weighted by Gasteiger charge is 2.33. The molecule has 0 unspecified atom stereocenters. The Balaban J connectivity index is 2.05. The molecule has 0 aromatic carbocycles. The lowest BCUT2D eigenvalue weighted by Crippen LogP contribution is -2.46. The molecule has 0 bridgehead atoms. The molecule has 6 nitrogen and oxygen atoms in total. The molecule has 1 aromatic heterocycles. The van der Waals surface area contributed by atoms with Crippen LogP contribution in [0.4, 0.5) is 0 Å². The Bertz CT molecular complexity index is 568. The largest absolute Gasteiger partial charge is 0.341 e. The van der Waals surface area contributed by atoms with E-state index in [1.807, 2.05) is 13.0 Å². The summed E-state index contributed by atoms with van der Waals surface area (Å²) < 4.78 is 24.1. The average molecular weight is 313 g/mol. The number of amides is 1. The van der Waals surface area contributed by atoms with Gasteiger partial charge in [0.2, 0.25) is 5.91 Å². The van der Waals surface area contributed by atoms with Gasteiger partial charge in [-0.25, -0.2) is 8.42 Å². The van der Waals surface area contributed by atoms with Crippen molar-refractivity contribution in [2.24, 2.45) is 0 Å². The van der Waals surface area contributed by atoms with E-state index >= 15 is 0 Å².